The highest BCUT2D eigenvalue weighted by Gasteiger charge is 2.17. The van der Waals surface area contributed by atoms with E-state index in [1.807, 2.05) is 10.9 Å². The first kappa shape index (κ1) is 13.9. The van der Waals surface area contributed by atoms with Gasteiger partial charge in [-0.25, -0.2) is 0 Å². The van der Waals surface area contributed by atoms with Crippen LogP contribution >= 0.6 is 34.5 Å². The van der Waals surface area contributed by atoms with Crippen LogP contribution in [0.15, 0.2) is 12.3 Å². The zero-order valence-corrected chi connectivity index (χ0v) is 13.0. The van der Waals surface area contributed by atoms with Crippen molar-refractivity contribution in [1.29, 1.82) is 0 Å². The molecule has 0 fully saturated rings. The van der Waals surface area contributed by atoms with Crippen molar-refractivity contribution in [2.75, 3.05) is 0 Å². The van der Waals surface area contributed by atoms with Crippen LogP contribution in [0.2, 0.25) is 8.67 Å². The van der Waals surface area contributed by atoms with Crippen molar-refractivity contribution < 1.29 is 4.79 Å². The Balaban J connectivity index is 1.69. The van der Waals surface area contributed by atoms with E-state index in [0.717, 1.165) is 18.5 Å². The Morgan fingerprint density at radius 1 is 1.45 bits per heavy atom. The monoisotopic (exact) mass is 329 g/mol. The zero-order chi connectivity index (χ0) is 14.1. The van der Waals surface area contributed by atoms with Crippen LogP contribution in [0.25, 0.3) is 0 Å². The molecule has 0 spiro atoms. The number of aryl methyl sites for hydroxylation is 1. The molecule has 2 aromatic rings. The minimum Gasteiger partial charge on any atom is -0.348 e. The van der Waals surface area contributed by atoms with Gasteiger partial charge < -0.3 is 5.32 Å². The molecular formula is C13H13Cl2N3OS. The molecule has 1 aliphatic rings. The SMILES string of the molecule is O=C(NCc1cnn2c1CCCC2)c1cc(Cl)sc1Cl. The van der Waals surface area contributed by atoms with Gasteiger partial charge in [0.15, 0.2) is 0 Å². The highest BCUT2D eigenvalue weighted by molar-refractivity contribution is 7.20. The molecule has 4 nitrogen and oxygen atoms in total. The van der Waals surface area contributed by atoms with Gasteiger partial charge in [0, 0.05) is 24.3 Å². The Morgan fingerprint density at radius 2 is 2.30 bits per heavy atom. The number of fused-ring (bicyclic) bond motifs is 1. The molecule has 0 radical (unpaired) electrons. The van der Waals surface area contributed by atoms with Gasteiger partial charge in [-0.05, 0) is 25.3 Å². The summed E-state index contributed by atoms with van der Waals surface area (Å²) < 4.78 is 2.96. The maximum absolute atomic E-state index is 12.1. The molecule has 7 heteroatoms. The second-order valence-electron chi connectivity index (χ2n) is 4.72. The standard InChI is InChI=1S/C13H13Cl2N3OS/c14-11-5-9(12(15)20-11)13(19)16-6-8-7-17-18-4-2-1-3-10(8)18/h5,7H,1-4,6H2,(H,16,19). The van der Waals surface area contributed by atoms with E-state index in [-0.39, 0.29) is 5.91 Å². The van der Waals surface area contributed by atoms with Crippen LogP contribution in [-0.4, -0.2) is 15.7 Å². The molecule has 0 aromatic carbocycles. The van der Waals surface area contributed by atoms with Crippen molar-refractivity contribution in [2.24, 2.45) is 0 Å². The third-order valence-corrected chi connectivity index (χ3v) is 4.90. The first-order valence-corrected chi connectivity index (χ1v) is 7.99. The van der Waals surface area contributed by atoms with Crippen LogP contribution in [0.5, 0.6) is 0 Å². The smallest absolute Gasteiger partial charge is 0.253 e. The molecule has 0 atom stereocenters. The minimum absolute atomic E-state index is 0.200. The number of nitrogens with zero attached hydrogens (tertiary/aromatic N) is 2. The van der Waals surface area contributed by atoms with Crippen molar-refractivity contribution in [3.8, 4) is 0 Å². The molecule has 1 amide bonds. The summed E-state index contributed by atoms with van der Waals surface area (Å²) in [4.78, 5) is 12.1. The summed E-state index contributed by atoms with van der Waals surface area (Å²) in [7, 11) is 0. The number of aromatic nitrogens is 2. The van der Waals surface area contributed by atoms with Crippen molar-refractivity contribution in [2.45, 2.75) is 32.4 Å². The number of carbonyl (C=O) groups excluding carboxylic acids is 1. The molecule has 0 unspecified atom stereocenters. The normalized spacial score (nSPS) is 14.1. The lowest BCUT2D eigenvalue weighted by atomic mass is 10.1. The maximum Gasteiger partial charge on any atom is 0.253 e. The number of carbonyl (C=O) groups is 1. The minimum atomic E-state index is -0.200. The molecule has 3 rings (SSSR count). The molecule has 0 saturated heterocycles. The third kappa shape index (κ3) is 2.71. The Bertz CT molecular complexity index is 650. The Kier molecular flexibility index (Phi) is 4.01. The van der Waals surface area contributed by atoms with Crippen molar-refractivity contribution in [3.05, 3.63) is 37.8 Å². The third-order valence-electron chi connectivity index (χ3n) is 3.41. The van der Waals surface area contributed by atoms with Gasteiger partial charge in [0.05, 0.1) is 16.1 Å². The summed E-state index contributed by atoms with van der Waals surface area (Å²) >= 11 is 13.0. The summed E-state index contributed by atoms with van der Waals surface area (Å²) in [5.41, 5.74) is 2.74. The topological polar surface area (TPSA) is 46.9 Å². The molecule has 2 aromatic heterocycles. The molecule has 20 heavy (non-hydrogen) atoms. The van der Waals surface area contributed by atoms with Gasteiger partial charge >= 0.3 is 0 Å². The highest BCUT2D eigenvalue weighted by atomic mass is 35.5. The molecule has 1 N–H and O–H groups in total. The van der Waals surface area contributed by atoms with E-state index in [4.69, 9.17) is 23.2 Å². The summed E-state index contributed by atoms with van der Waals surface area (Å²) in [5.74, 6) is -0.200. The quantitative estimate of drug-likeness (QED) is 0.936. The molecule has 0 bridgehead atoms. The molecule has 3 heterocycles. The van der Waals surface area contributed by atoms with E-state index < -0.39 is 0 Å². The van der Waals surface area contributed by atoms with E-state index in [9.17, 15) is 4.79 Å². The van der Waals surface area contributed by atoms with E-state index >= 15 is 0 Å². The van der Waals surface area contributed by atoms with Crippen LogP contribution < -0.4 is 5.32 Å². The molecule has 0 saturated carbocycles. The Hall–Kier alpha value is -1.04. The molecule has 106 valence electrons. The number of amides is 1. The van der Waals surface area contributed by atoms with E-state index in [0.29, 0.717) is 20.8 Å². The van der Waals surface area contributed by atoms with Gasteiger partial charge in [-0.15, -0.1) is 11.3 Å². The van der Waals surface area contributed by atoms with Crippen molar-refractivity contribution in [1.82, 2.24) is 15.1 Å². The van der Waals surface area contributed by atoms with Gasteiger partial charge in [-0.1, -0.05) is 23.2 Å². The average Bonchev–Trinajstić information content (AvgIpc) is 2.99. The second kappa shape index (κ2) is 5.76. The van der Waals surface area contributed by atoms with Crippen LogP contribution in [0.3, 0.4) is 0 Å². The molecule has 0 aliphatic carbocycles. The van der Waals surface area contributed by atoms with E-state index in [1.54, 1.807) is 6.07 Å². The van der Waals surface area contributed by atoms with Gasteiger partial charge in [-0.3, -0.25) is 9.48 Å². The largest absolute Gasteiger partial charge is 0.348 e. The molecule has 1 aliphatic heterocycles. The summed E-state index contributed by atoms with van der Waals surface area (Å²) in [6.07, 6.45) is 5.21. The fourth-order valence-corrected chi connectivity index (χ4v) is 3.86. The summed E-state index contributed by atoms with van der Waals surface area (Å²) in [6.45, 7) is 1.44. The number of hydrogen-bond donors (Lipinski definition) is 1. The first-order valence-electron chi connectivity index (χ1n) is 6.42. The highest BCUT2D eigenvalue weighted by Crippen LogP contribution is 2.31. The predicted molar refractivity (Wildman–Crippen MR) is 80.7 cm³/mol. The maximum atomic E-state index is 12.1. The fraction of sp³-hybridized carbons (Fsp3) is 0.385. The number of halogens is 2. The zero-order valence-electron chi connectivity index (χ0n) is 10.7. The van der Waals surface area contributed by atoms with Crippen molar-refractivity contribution in [3.63, 3.8) is 0 Å². The van der Waals surface area contributed by atoms with Gasteiger partial charge in [-0.2, -0.15) is 5.10 Å². The average molecular weight is 330 g/mol. The van der Waals surface area contributed by atoms with Gasteiger partial charge in [0.1, 0.15) is 4.34 Å². The Morgan fingerprint density at radius 3 is 3.05 bits per heavy atom. The first-order chi connectivity index (χ1) is 9.65. The predicted octanol–water partition coefficient (Wildman–Crippen LogP) is 3.52. The van der Waals surface area contributed by atoms with Gasteiger partial charge in [0.2, 0.25) is 0 Å². The number of hydrogen-bond acceptors (Lipinski definition) is 3. The Labute approximate surface area is 130 Å². The number of rotatable bonds is 3. The van der Waals surface area contributed by atoms with E-state index in [1.165, 1.54) is 29.9 Å². The lowest BCUT2D eigenvalue weighted by Crippen LogP contribution is -2.23. The number of nitrogens with one attached hydrogen (secondary N) is 1. The van der Waals surface area contributed by atoms with E-state index in [2.05, 4.69) is 10.4 Å². The van der Waals surface area contributed by atoms with Gasteiger partial charge in [0.25, 0.3) is 5.91 Å². The fourth-order valence-electron chi connectivity index (χ4n) is 2.40. The van der Waals surface area contributed by atoms with Crippen LogP contribution in [-0.2, 0) is 19.5 Å². The van der Waals surface area contributed by atoms with Crippen LogP contribution in [0.4, 0.5) is 0 Å². The lowest BCUT2D eigenvalue weighted by molar-refractivity contribution is 0.0951. The number of thiophene rings is 1. The summed E-state index contributed by atoms with van der Waals surface area (Å²) in [5, 5.41) is 7.23. The van der Waals surface area contributed by atoms with Crippen molar-refractivity contribution >= 4 is 40.4 Å². The van der Waals surface area contributed by atoms with Crippen LogP contribution in [0, 0.1) is 0 Å². The second-order valence-corrected chi connectivity index (χ2v) is 7.00. The lowest BCUT2D eigenvalue weighted by Gasteiger charge is -2.14. The van der Waals surface area contributed by atoms with Crippen LogP contribution in [0.1, 0.15) is 34.5 Å². The molecular weight excluding hydrogens is 317 g/mol. The summed E-state index contributed by atoms with van der Waals surface area (Å²) in [6, 6.07) is 1.59.